The van der Waals surface area contributed by atoms with E-state index in [-0.39, 0.29) is 23.1 Å². The van der Waals surface area contributed by atoms with Crippen molar-refractivity contribution in [3.8, 4) is 0 Å². The van der Waals surface area contributed by atoms with E-state index in [0.717, 1.165) is 0 Å². The van der Waals surface area contributed by atoms with Gasteiger partial charge in [-0.05, 0) is 17.2 Å². The monoisotopic (exact) mass is 184 g/mol. The molecule has 0 bridgehead atoms. The number of anilines is 1. The van der Waals surface area contributed by atoms with Crippen molar-refractivity contribution in [3.05, 3.63) is 5.69 Å². The van der Waals surface area contributed by atoms with E-state index < -0.39 is 0 Å². The van der Waals surface area contributed by atoms with Gasteiger partial charge in [0.05, 0.1) is 0 Å². The molecule has 0 aliphatic heterocycles. The molecule has 0 saturated carbocycles. The Balaban J connectivity index is 2.96. The molecule has 13 heavy (non-hydrogen) atoms. The number of carbonyl (C=O) groups excluding carboxylic acids is 1. The van der Waals surface area contributed by atoms with Crippen molar-refractivity contribution in [2.45, 2.75) is 13.8 Å². The Morgan fingerprint density at radius 3 is 2.77 bits per heavy atom. The molecule has 1 aromatic rings. The number of carbonyl (C=O) groups is 1. The van der Waals surface area contributed by atoms with E-state index in [2.05, 4.69) is 25.4 Å². The molecule has 7 nitrogen and oxygen atoms in total. The lowest BCUT2D eigenvalue weighted by Gasteiger charge is -1.96. The van der Waals surface area contributed by atoms with Crippen LogP contribution in [0.1, 0.15) is 19.5 Å². The van der Waals surface area contributed by atoms with Crippen LogP contribution < -0.4 is 5.32 Å². The number of hydrogen-bond donors (Lipinski definition) is 2. The maximum Gasteiger partial charge on any atom is 0.222 e. The molecule has 0 spiro atoms. The largest absolute Gasteiger partial charge is 0.411 e. The molecule has 0 saturated heterocycles. The van der Waals surface area contributed by atoms with Crippen molar-refractivity contribution >= 4 is 17.4 Å². The number of amides is 1. The van der Waals surface area contributed by atoms with Crippen molar-refractivity contribution in [1.29, 1.82) is 0 Å². The summed E-state index contributed by atoms with van der Waals surface area (Å²) in [5.41, 5.74) is 0.419. The van der Waals surface area contributed by atoms with Gasteiger partial charge in [-0.2, -0.15) is 0 Å². The first-order chi connectivity index (χ1) is 6.15. The number of nitrogens with one attached hydrogen (secondary N) is 1. The highest BCUT2D eigenvalue weighted by atomic mass is 16.6. The van der Waals surface area contributed by atoms with Gasteiger partial charge in [0.25, 0.3) is 0 Å². The van der Waals surface area contributed by atoms with Gasteiger partial charge in [0.1, 0.15) is 5.71 Å². The lowest BCUT2D eigenvalue weighted by molar-refractivity contribution is -0.114. The van der Waals surface area contributed by atoms with Crippen molar-refractivity contribution < 1.29 is 14.6 Å². The highest BCUT2D eigenvalue weighted by Crippen LogP contribution is 2.09. The second-order valence-corrected chi connectivity index (χ2v) is 2.33. The average Bonchev–Trinajstić information content (AvgIpc) is 2.50. The molecule has 0 aliphatic carbocycles. The summed E-state index contributed by atoms with van der Waals surface area (Å²) in [5.74, 6) is -0.162. The minimum absolute atomic E-state index is 0.141. The fourth-order valence-corrected chi connectivity index (χ4v) is 0.722. The number of rotatable bonds is 2. The molecule has 1 aromatic heterocycles. The van der Waals surface area contributed by atoms with E-state index in [1.807, 2.05) is 0 Å². The van der Waals surface area contributed by atoms with E-state index in [1.54, 1.807) is 0 Å². The van der Waals surface area contributed by atoms with E-state index >= 15 is 0 Å². The van der Waals surface area contributed by atoms with Gasteiger partial charge in [0, 0.05) is 6.92 Å². The average molecular weight is 184 g/mol. The molecule has 1 rings (SSSR count). The quantitative estimate of drug-likeness (QED) is 0.389. The molecule has 0 aromatic carbocycles. The third-order valence-corrected chi connectivity index (χ3v) is 1.28. The first-order valence-electron chi connectivity index (χ1n) is 3.44. The third-order valence-electron chi connectivity index (χ3n) is 1.28. The molecule has 70 valence electrons. The van der Waals surface area contributed by atoms with Crippen molar-refractivity contribution in [3.63, 3.8) is 0 Å². The maximum absolute atomic E-state index is 10.7. The molecule has 1 heterocycles. The van der Waals surface area contributed by atoms with Crippen LogP contribution in [0.3, 0.4) is 0 Å². The molecular formula is C6H8N4O3. The zero-order valence-electron chi connectivity index (χ0n) is 7.11. The van der Waals surface area contributed by atoms with Crippen LogP contribution in [0.15, 0.2) is 9.78 Å². The van der Waals surface area contributed by atoms with Crippen molar-refractivity contribution in [1.82, 2.24) is 10.3 Å². The van der Waals surface area contributed by atoms with Gasteiger partial charge in [0.2, 0.25) is 11.7 Å². The third kappa shape index (κ3) is 2.01. The van der Waals surface area contributed by atoms with Gasteiger partial charge < -0.3 is 10.5 Å². The fourth-order valence-electron chi connectivity index (χ4n) is 0.722. The molecule has 2 N–H and O–H groups in total. The Hall–Kier alpha value is -1.92. The van der Waals surface area contributed by atoms with E-state index in [9.17, 15) is 4.79 Å². The first kappa shape index (κ1) is 9.17. The van der Waals surface area contributed by atoms with Crippen LogP contribution in [0, 0.1) is 0 Å². The lowest BCUT2D eigenvalue weighted by Crippen LogP contribution is -2.10. The normalized spacial score (nSPS) is 11.4. The summed E-state index contributed by atoms with van der Waals surface area (Å²) in [6.07, 6.45) is 0. The van der Waals surface area contributed by atoms with E-state index in [4.69, 9.17) is 5.21 Å². The predicted octanol–water partition coefficient (Wildman–Crippen LogP) is 0.226. The van der Waals surface area contributed by atoms with Gasteiger partial charge in [-0.15, -0.1) is 0 Å². The number of hydrogen-bond acceptors (Lipinski definition) is 6. The molecular weight excluding hydrogens is 176 g/mol. The topological polar surface area (TPSA) is 101 Å². The summed E-state index contributed by atoms with van der Waals surface area (Å²) in [7, 11) is 0. The van der Waals surface area contributed by atoms with Crippen LogP contribution in [0.25, 0.3) is 0 Å². The van der Waals surface area contributed by atoms with Gasteiger partial charge in [-0.3, -0.25) is 4.79 Å². The Kier molecular flexibility index (Phi) is 2.58. The van der Waals surface area contributed by atoms with E-state index in [0.29, 0.717) is 0 Å². The summed E-state index contributed by atoms with van der Waals surface area (Å²) in [5, 5.41) is 20.6. The van der Waals surface area contributed by atoms with Crippen LogP contribution in [0.2, 0.25) is 0 Å². The Morgan fingerprint density at radius 1 is 1.54 bits per heavy atom. The number of aromatic nitrogens is 2. The van der Waals surface area contributed by atoms with Gasteiger partial charge in [-0.25, -0.2) is 4.63 Å². The summed E-state index contributed by atoms with van der Waals surface area (Å²) in [6.45, 7) is 2.83. The minimum atomic E-state index is -0.303. The molecule has 0 aliphatic rings. The molecule has 0 fully saturated rings. The molecule has 0 unspecified atom stereocenters. The highest BCUT2D eigenvalue weighted by molar-refractivity contribution is 6.03. The predicted molar refractivity (Wildman–Crippen MR) is 42.6 cm³/mol. The van der Waals surface area contributed by atoms with Gasteiger partial charge in [0.15, 0.2) is 5.69 Å². The van der Waals surface area contributed by atoms with Gasteiger partial charge in [-0.1, -0.05) is 5.16 Å². The van der Waals surface area contributed by atoms with Crippen molar-refractivity contribution in [2.75, 3.05) is 5.32 Å². The van der Waals surface area contributed by atoms with Crippen LogP contribution >= 0.6 is 0 Å². The maximum atomic E-state index is 10.7. The lowest BCUT2D eigenvalue weighted by atomic mass is 10.3. The Labute approximate surface area is 73.4 Å². The Morgan fingerprint density at radius 2 is 2.23 bits per heavy atom. The smallest absolute Gasteiger partial charge is 0.222 e. The summed E-state index contributed by atoms with van der Waals surface area (Å²) < 4.78 is 4.36. The van der Waals surface area contributed by atoms with Crippen LogP contribution in [-0.2, 0) is 4.79 Å². The summed E-state index contributed by atoms with van der Waals surface area (Å²) in [4.78, 5) is 10.7. The highest BCUT2D eigenvalue weighted by Gasteiger charge is 2.13. The molecule has 7 heteroatoms. The summed E-state index contributed by atoms with van der Waals surface area (Å²) >= 11 is 0. The number of nitrogens with zero attached hydrogens (tertiary/aromatic N) is 3. The van der Waals surface area contributed by atoms with Crippen LogP contribution in [-0.4, -0.2) is 27.1 Å². The zero-order chi connectivity index (χ0) is 9.84. The second kappa shape index (κ2) is 3.65. The minimum Gasteiger partial charge on any atom is -0.411 e. The number of oxime groups is 1. The first-order valence-corrected chi connectivity index (χ1v) is 3.44. The fraction of sp³-hybridized carbons (Fsp3) is 0.333. The molecule has 0 radical (unpaired) electrons. The Bertz CT molecular complexity index is 343. The molecule has 0 atom stereocenters. The van der Waals surface area contributed by atoms with Crippen LogP contribution in [0.5, 0.6) is 0 Å². The van der Waals surface area contributed by atoms with Crippen molar-refractivity contribution in [2.24, 2.45) is 5.16 Å². The standard InChI is InChI=1S/C6H8N4O3/c1-3(8-12)5-6(7-4(2)11)10-13-9-5/h12H,1-2H3,(H,7,10,11)/b8-3+. The van der Waals surface area contributed by atoms with Crippen LogP contribution in [0.4, 0.5) is 5.82 Å². The second-order valence-electron chi connectivity index (χ2n) is 2.33. The zero-order valence-corrected chi connectivity index (χ0v) is 7.11. The molecule has 1 amide bonds. The SMILES string of the molecule is CC(=O)Nc1nonc1/C(C)=N/O. The van der Waals surface area contributed by atoms with E-state index in [1.165, 1.54) is 13.8 Å². The summed E-state index contributed by atoms with van der Waals surface area (Å²) in [6, 6.07) is 0. The van der Waals surface area contributed by atoms with Gasteiger partial charge >= 0.3 is 0 Å².